The molecule has 1 unspecified atom stereocenters. The highest BCUT2D eigenvalue weighted by molar-refractivity contribution is 6.30. The van der Waals surface area contributed by atoms with Crippen LogP contribution in [0.5, 0.6) is 0 Å². The van der Waals surface area contributed by atoms with Crippen molar-refractivity contribution in [3.05, 3.63) is 34.9 Å². The molecule has 0 radical (unpaired) electrons. The molecule has 0 amide bonds. The minimum atomic E-state index is 0.543. The minimum absolute atomic E-state index is 0.543. The Hall–Kier alpha value is -0.570. The Bertz CT molecular complexity index is 415. The van der Waals surface area contributed by atoms with Crippen molar-refractivity contribution in [3.8, 4) is 0 Å². The second-order valence-electron chi connectivity index (χ2n) is 6.55. The summed E-state index contributed by atoms with van der Waals surface area (Å²) in [5.41, 5.74) is 1.35. The highest BCUT2D eigenvalue weighted by atomic mass is 35.5. The zero-order chi connectivity index (χ0) is 15.1. The third kappa shape index (κ3) is 6.37. The van der Waals surface area contributed by atoms with Crippen LogP contribution in [0.25, 0.3) is 0 Å². The molecule has 0 aromatic heterocycles. The molecule has 0 aliphatic carbocycles. The molecule has 1 atom stereocenters. The van der Waals surface area contributed by atoms with Gasteiger partial charge in [-0.3, -0.25) is 0 Å². The molecular formula is C18H28ClNO. The molecular weight excluding hydrogens is 282 g/mol. The third-order valence-corrected chi connectivity index (χ3v) is 4.47. The molecule has 1 heterocycles. The van der Waals surface area contributed by atoms with Crippen LogP contribution in [0.15, 0.2) is 24.3 Å². The fourth-order valence-electron chi connectivity index (χ4n) is 3.09. The Kier molecular flexibility index (Phi) is 7.01. The van der Waals surface area contributed by atoms with Crippen LogP contribution in [0.2, 0.25) is 5.02 Å². The van der Waals surface area contributed by atoms with E-state index < -0.39 is 0 Å². The molecule has 21 heavy (non-hydrogen) atoms. The zero-order valence-electron chi connectivity index (χ0n) is 13.3. The van der Waals surface area contributed by atoms with Crippen molar-refractivity contribution in [1.82, 2.24) is 5.32 Å². The van der Waals surface area contributed by atoms with E-state index in [0.717, 1.165) is 37.1 Å². The summed E-state index contributed by atoms with van der Waals surface area (Å²) in [4.78, 5) is 0. The predicted molar refractivity (Wildman–Crippen MR) is 89.9 cm³/mol. The minimum Gasteiger partial charge on any atom is -0.381 e. The molecule has 118 valence electrons. The summed E-state index contributed by atoms with van der Waals surface area (Å²) in [6.07, 6.45) is 4.83. The van der Waals surface area contributed by atoms with E-state index in [0.29, 0.717) is 12.0 Å². The number of hydrogen-bond donors (Lipinski definition) is 1. The van der Waals surface area contributed by atoms with E-state index in [1.165, 1.54) is 24.8 Å². The molecule has 1 aliphatic heterocycles. The average Bonchev–Trinajstić information content (AvgIpc) is 2.46. The molecule has 0 spiro atoms. The number of rotatable bonds is 7. The van der Waals surface area contributed by atoms with Gasteiger partial charge in [0.2, 0.25) is 0 Å². The normalized spacial score (nSPS) is 18.1. The van der Waals surface area contributed by atoms with Gasteiger partial charge in [-0.1, -0.05) is 37.6 Å². The SMILES string of the molecule is CC(C)NCC(Cc1cccc(Cl)c1)CC1CCOCC1. The van der Waals surface area contributed by atoms with Gasteiger partial charge >= 0.3 is 0 Å². The molecule has 3 heteroatoms. The van der Waals surface area contributed by atoms with E-state index in [9.17, 15) is 0 Å². The quantitative estimate of drug-likeness (QED) is 0.810. The second kappa shape index (κ2) is 8.77. The van der Waals surface area contributed by atoms with E-state index in [-0.39, 0.29) is 0 Å². The Morgan fingerprint density at radius 3 is 2.71 bits per heavy atom. The lowest BCUT2D eigenvalue weighted by Gasteiger charge is -2.27. The Labute approximate surface area is 134 Å². The van der Waals surface area contributed by atoms with Crippen molar-refractivity contribution in [2.75, 3.05) is 19.8 Å². The summed E-state index contributed by atoms with van der Waals surface area (Å²) in [5.74, 6) is 1.49. The van der Waals surface area contributed by atoms with Gasteiger partial charge in [0.05, 0.1) is 0 Å². The van der Waals surface area contributed by atoms with Crippen molar-refractivity contribution >= 4 is 11.6 Å². The van der Waals surface area contributed by atoms with Crippen LogP contribution in [0.1, 0.15) is 38.7 Å². The number of benzene rings is 1. The van der Waals surface area contributed by atoms with Gasteiger partial charge in [0.15, 0.2) is 0 Å². The van der Waals surface area contributed by atoms with Gasteiger partial charge in [0, 0.05) is 24.3 Å². The maximum atomic E-state index is 6.12. The summed E-state index contributed by atoms with van der Waals surface area (Å²) in [6.45, 7) is 7.38. The lowest BCUT2D eigenvalue weighted by Crippen LogP contribution is -2.32. The van der Waals surface area contributed by atoms with Gasteiger partial charge in [-0.2, -0.15) is 0 Å². The van der Waals surface area contributed by atoms with Gasteiger partial charge in [-0.15, -0.1) is 0 Å². The Morgan fingerprint density at radius 2 is 2.05 bits per heavy atom. The lowest BCUT2D eigenvalue weighted by atomic mass is 9.85. The van der Waals surface area contributed by atoms with Gasteiger partial charge in [0.25, 0.3) is 0 Å². The van der Waals surface area contributed by atoms with Crippen molar-refractivity contribution in [1.29, 1.82) is 0 Å². The number of halogens is 1. The standard InChI is InChI=1S/C18H28ClNO/c1-14(2)20-13-17(10-15-6-8-21-9-7-15)11-16-4-3-5-18(19)12-16/h3-5,12,14-15,17,20H,6-11,13H2,1-2H3. The van der Waals surface area contributed by atoms with E-state index in [2.05, 4.69) is 37.4 Å². The molecule has 1 aromatic carbocycles. The molecule has 0 saturated carbocycles. The average molecular weight is 310 g/mol. The van der Waals surface area contributed by atoms with Crippen LogP contribution >= 0.6 is 11.6 Å². The first-order valence-corrected chi connectivity index (χ1v) is 8.57. The number of nitrogens with one attached hydrogen (secondary N) is 1. The highest BCUT2D eigenvalue weighted by Crippen LogP contribution is 2.25. The summed E-state index contributed by atoms with van der Waals surface area (Å²) in [6, 6.07) is 8.84. The second-order valence-corrected chi connectivity index (χ2v) is 6.99. The van der Waals surface area contributed by atoms with Crippen LogP contribution in [0.3, 0.4) is 0 Å². The van der Waals surface area contributed by atoms with Crippen LogP contribution < -0.4 is 5.32 Å². The van der Waals surface area contributed by atoms with E-state index in [4.69, 9.17) is 16.3 Å². The van der Waals surface area contributed by atoms with Gasteiger partial charge < -0.3 is 10.1 Å². The van der Waals surface area contributed by atoms with Gasteiger partial charge in [-0.05, 0) is 61.8 Å². The maximum absolute atomic E-state index is 6.12. The fourth-order valence-corrected chi connectivity index (χ4v) is 3.30. The van der Waals surface area contributed by atoms with E-state index in [1.807, 2.05) is 6.07 Å². The van der Waals surface area contributed by atoms with Crippen LogP contribution in [-0.2, 0) is 11.2 Å². The molecule has 0 bridgehead atoms. The molecule has 1 N–H and O–H groups in total. The van der Waals surface area contributed by atoms with Crippen molar-refractivity contribution in [2.24, 2.45) is 11.8 Å². The smallest absolute Gasteiger partial charge is 0.0468 e. The van der Waals surface area contributed by atoms with Crippen LogP contribution in [0.4, 0.5) is 0 Å². The molecule has 1 aliphatic rings. The first kappa shape index (κ1) is 16.8. The zero-order valence-corrected chi connectivity index (χ0v) is 14.0. The van der Waals surface area contributed by atoms with Crippen molar-refractivity contribution in [3.63, 3.8) is 0 Å². The largest absolute Gasteiger partial charge is 0.381 e. The van der Waals surface area contributed by atoms with Crippen LogP contribution in [-0.4, -0.2) is 25.8 Å². The summed E-state index contributed by atoms with van der Waals surface area (Å²) < 4.78 is 5.48. The Morgan fingerprint density at radius 1 is 1.29 bits per heavy atom. The van der Waals surface area contributed by atoms with Gasteiger partial charge in [-0.25, -0.2) is 0 Å². The van der Waals surface area contributed by atoms with E-state index in [1.54, 1.807) is 0 Å². The molecule has 1 fully saturated rings. The first-order chi connectivity index (χ1) is 10.1. The summed E-state index contributed by atoms with van der Waals surface area (Å²) >= 11 is 6.12. The predicted octanol–water partition coefficient (Wildman–Crippen LogP) is 4.31. The summed E-state index contributed by atoms with van der Waals surface area (Å²) in [5, 5.41) is 4.45. The molecule has 2 rings (SSSR count). The summed E-state index contributed by atoms with van der Waals surface area (Å²) in [7, 11) is 0. The Balaban J connectivity index is 1.93. The number of hydrogen-bond acceptors (Lipinski definition) is 2. The molecule has 1 saturated heterocycles. The monoisotopic (exact) mass is 309 g/mol. The molecule has 2 nitrogen and oxygen atoms in total. The van der Waals surface area contributed by atoms with Gasteiger partial charge in [0.1, 0.15) is 0 Å². The maximum Gasteiger partial charge on any atom is 0.0468 e. The molecule has 1 aromatic rings. The van der Waals surface area contributed by atoms with E-state index >= 15 is 0 Å². The third-order valence-electron chi connectivity index (χ3n) is 4.24. The van der Waals surface area contributed by atoms with Crippen molar-refractivity contribution in [2.45, 2.75) is 45.6 Å². The van der Waals surface area contributed by atoms with Crippen molar-refractivity contribution < 1.29 is 4.74 Å². The topological polar surface area (TPSA) is 21.3 Å². The highest BCUT2D eigenvalue weighted by Gasteiger charge is 2.20. The fraction of sp³-hybridized carbons (Fsp3) is 0.667. The van der Waals surface area contributed by atoms with Crippen LogP contribution in [0, 0.1) is 11.8 Å². The first-order valence-electron chi connectivity index (χ1n) is 8.19. The number of ether oxygens (including phenoxy) is 1. The lowest BCUT2D eigenvalue weighted by molar-refractivity contribution is 0.0584.